The van der Waals surface area contributed by atoms with E-state index in [-0.39, 0.29) is 17.4 Å². The number of aryl methyl sites for hydroxylation is 1. The first-order chi connectivity index (χ1) is 11.4. The molecule has 6 heteroatoms. The maximum atomic E-state index is 12.5. The van der Waals surface area contributed by atoms with Gasteiger partial charge in [-0.3, -0.25) is 4.79 Å². The quantitative estimate of drug-likeness (QED) is 0.854. The number of fused-ring (bicyclic) bond motifs is 1. The lowest BCUT2D eigenvalue weighted by Gasteiger charge is -2.29. The van der Waals surface area contributed by atoms with E-state index in [0.29, 0.717) is 12.3 Å². The molecule has 5 nitrogen and oxygen atoms in total. The van der Waals surface area contributed by atoms with Crippen molar-refractivity contribution in [2.75, 3.05) is 24.3 Å². The molecule has 0 unspecified atom stereocenters. The average Bonchev–Trinajstić information content (AvgIpc) is 2.58. The Hall–Kier alpha value is -2.34. The second-order valence-corrected chi connectivity index (χ2v) is 7.83. The predicted octanol–water partition coefficient (Wildman–Crippen LogP) is 2.45. The number of rotatable bonds is 4. The summed E-state index contributed by atoms with van der Waals surface area (Å²) in [5, 5.41) is 0. The zero-order valence-electron chi connectivity index (χ0n) is 13.4. The number of benzene rings is 2. The van der Waals surface area contributed by atoms with Gasteiger partial charge < -0.3 is 9.64 Å². The lowest BCUT2D eigenvalue weighted by atomic mass is 10.0. The normalized spacial score (nSPS) is 14.1. The summed E-state index contributed by atoms with van der Waals surface area (Å²) < 4.78 is 28.7. The van der Waals surface area contributed by atoms with Gasteiger partial charge in [0.15, 0.2) is 16.4 Å². The summed E-state index contributed by atoms with van der Waals surface area (Å²) in [4.78, 5) is 14.4. The summed E-state index contributed by atoms with van der Waals surface area (Å²) >= 11 is 0. The van der Waals surface area contributed by atoms with Crippen LogP contribution in [0, 0.1) is 0 Å². The SMILES string of the molecule is CS(=O)(=O)c1cccc(OCC(=O)N2CCCc3ccccc32)c1. The predicted molar refractivity (Wildman–Crippen MR) is 92.2 cm³/mol. The van der Waals surface area contributed by atoms with E-state index in [1.165, 1.54) is 12.1 Å². The fraction of sp³-hybridized carbons (Fsp3) is 0.278. The van der Waals surface area contributed by atoms with Gasteiger partial charge in [0.2, 0.25) is 0 Å². The molecule has 0 bridgehead atoms. The molecule has 1 amide bonds. The van der Waals surface area contributed by atoms with Gasteiger partial charge >= 0.3 is 0 Å². The van der Waals surface area contributed by atoms with Crippen molar-refractivity contribution in [2.45, 2.75) is 17.7 Å². The van der Waals surface area contributed by atoms with Crippen molar-refractivity contribution in [3.8, 4) is 5.75 Å². The molecule has 1 heterocycles. The molecule has 0 N–H and O–H groups in total. The average molecular weight is 345 g/mol. The molecule has 0 saturated carbocycles. The van der Waals surface area contributed by atoms with Crippen LogP contribution in [0.25, 0.3) is 0 Å². The standard InChI is InChI=1S/C18H19NO4S/c1-24(21,22)16-9-4-8-15(12-16)23-13-18(20)19-11-5-7-14-6-2-3-10-17(14)19/h2-4,6,8-10,12H,5,7,11,13H2,1H3. The van der Waals surface area contributed by atoms with Gasteiger partial charge in [-0.2, -0.15) is 0 Å². The molecule has 24 heavy (non-hydrogen) atoms. The zero-order chi connectivity index (χ0) is 17.2. The third-order valence-electron chi connectivity index (χ3n) is 4.01. The van der Waals surface area contributed by atoms with E-state index in [1.807, 2.05) is 24.3 Å². The minimum Gasteiger partial charge on any atom is -0.484 e. The van der Waals surface area contributed by atoms with E-state index in [9.17, 15) is 13.2 Å². The lowest BCUT2D eigenvalue weighted by molar-refractivity contribution is -0.120. The fourth-order valence-electron chi connectivity index (χ4n) is 2.81. The summed E-state index contributed by atoms with van der Waals surface area (Å²) in [7, 11) is -3.30. The van der Waals surface area contributed by atoms with Crippen LogP contribution in [0.5, 0.6) is 5.75 Å². The van der Waals surface area contributed by atoms with Gasteiger partial charge in [-0.05, 0) is 42.7 Å². The maximum Gasteiger partial charge on any atom is 0.264 e. The third-order valence-corrected chi connectivity index (χ3v) is 5.12. The molecule has 2 aromatic rings. The first-order valence-electron chi connectivity index (χ1n) is 7.76. The maximum absolute atomic E-state index is 12.5. The largest absolute Gasteiger partial charge is 0.484 e. The van der Waals surface area contributed by atoms with E-state index < -0.39 is 9.84 Å². The molecule has 126 valence electrons. The van der Waals surface area contributed by atoms with Crippen molar-refractivity contribution in [1.82, 2.24) is 0 Å². The molecule has 0 fully saturated rings. The number of hydrogen-bond donors (Lipinski definition) is 0. The smallest absolute Gasteiger partial charge is 0.264 e. The molecule has 0 spiro atoms. The Bertz CT molecular complexity index is 861. The lowest BCUT2D eigenvalue weighted by Crippen LogP contribution is -2.38. The Kier molecular flexibility index (Phi) is 4.57. The Morgan fingerprint density at radius 1 is 1.17 bits per heavy atom. The third kappa shape index (κ3) is 3.59. The number of carbonyl (C=O) groups is 1. The number of ether oxygens (including phenoxy) is 1. The highest BCUT2D eigenvalue weighted by Crippen LogP contribution is 2.27. The van der Waals surface area contributed by atoms with Crippen molar-refractivity contribution in [2.24, 2.45) is 0 Å². The highest BCUT2D eigenvalue weighted by Gasteiger charge is 2.22. The van der Waals surface area contributed by atoms with Crippen molar-refractivity contribution in [3.05, 3.63) is 54.1 Å². The van der Waals surface area contributed by atoms with Gasteiger partial charge in [0.05, 0.1) is 4.90 Å². The molecule has 3 rings (SSSR count). The first kappa shape index (κ1) is 16.5. The van der Waals surface area contributed by atoms with Crippen LogP contribution in [-0.2, 0) is 21.1 Å². The Morgan fingerprint density at radius 3 is 2.75 bits per heavy atom. The number of nitrogens with zero attached hydrogens (tertiary/aromatic N) is 1. The molecule has 0 atom stereocenters. The molecule has 1 aliphatic heterocycles. The van der Waals surface area contributed by atoms with Crippen LogP contribution in [-0.4, -0.2) is 33.7 Å². The van der Waals surface area contributed by atoms with Gasteiger partial charge in [-0.1, -0.05) is 24.3 Å². The minimum atomic E-state index is -3.30. The van der Waals surface area contributed by atoms with Crippen LogP contribution in [0.2, 0.25) is 0 Å². The van der Waals surface area contributed by atoms with Crippen LogP contribution >= 0.6 is 0 Å². The van der Waals surface area contributed by atoms with E-state index >= 15 is 0 Å². The van der Waals surface area contributed by atoms with Crippen LogP contribution in [0.15, 0.2) is 53.4 Å². The van der Waals surface area contributed by atoms with E-state index in [1.54, 1.807) is 17.0 Å². The van der Waals surface area contributed by atoms with Gasteiger partial charge in [-0.25, -0.2) is 8.42 Å². The number of anilines is 1. The number of hydrogen-bond acceptors (Lipinski definition) is 4. The van der Waals surface area contributed by atoms with E-state index in [2.05, 4.69) is 0 Å². The number of amides is 1. The highest BCUT2D eigenvalue weighted by molar-refractivity contribution is 7.90. The van der Waals surface area contributed by atoms with Crippen LogP contribution in [0.1, 0.15) is 12.0 Å². The molecular weight excluding hydrogens is 326 g/mol. The van der Waals surface area contributed by atoms with Gasteiger partial charge in [0.25, 0.3) is 5.91 Å². The molecule has 0 saturated heterocycles. The zero-order valence-corrected chi connectivity index (χ0v) is 14.3. The van der Waals surface area contributed by atoms with Gasteiger partial charge in [-0.15, -0.1) is 0 Å². The van der Waals surface area contributed by atoms with E-state index in [4.69, 9.17) is 4.74 Å². The van der Waals surface area contributed by atoms with E-state index in [0.717, 1.165) is 30.3 Å². The summed E-state index contributed by atoms with van der Waals surface area (Å²) in [5.41, 5.74) is 2.10. The highest BCUT2D eigenvalue weighted by atomic mass is 32.2. The van der Waals surface area contributed by atoms with Gasteiger partial charge in [0, 0.05) is 18.5 Å². The first-order valence-corrected chi connectivity index (χ1v) is 9.65. The molecule has 1 aliphatic rings. The molecule has 2 aromatic carbocycles. The van der Waals surface area contributed by atoms with Crippen molar-refractivity contribution >= 4 is 21.4 Å². The minimum absolute atomic E-state index is 0.123. The molecule has 0 aromatic heterocycles. The second-order valence-electron chi connectivity index (χ2n) is 5.81. The summed E-state index contributed by atoms with van der Waals surface area (Å²) in [6.07, 6.45) is 3.03. The monoisotopic (exact) mass is 345 g/mol. The van der Waals surface area contributed by atoms with Crippen molar-refractivity contribution < 1.29 is 17.9 Å². The van der Waals surface area contributed by atoms with Crippen LogP contribution in [0.4, 0.5) is 5.69 Å². The van der Waals surface area contributed by atoms with Crippen LogP contribution in [0.3, 0.4) is 0 Å². The van der Waals surface area contributed by atoms with Crippen molar-refractivity contribution in [1.29, 1.82) is 0 Å². The number of sulfone groups is 1. The Morgan fingerprint density at radius 2 is 1.96 bits per heavy atom. The Balaban J connectivity index is 1.71. The molecular formula is C18H19NO4S. The topological polar surface area (TPSA) is 63.7 Å². The summed E-state index contributed by atoms with van der Waals surface area (Å²) in [6, 6.07) is 14.1. The Labute approximate surface area is 141 Å². The summed E-state index contributed by atoms with van der Waals surface area (Å²) in [6.45, 7) is 0.546. The summed E-state index contributed by atoms with van der Waals surface area (Å²) in [5.74, 6) is 0.239. The van der Waals surface area contributed by atoms with Crippen molar-refractivity contribution in [3.63, 3.8) is 0 Å². The second kappa shape index (κ2) is 6.65. The molecule has 0 aliphatic carbocycles. The number of carbonyl (C=O) groups excluding carboxylic acids is 1. The van der Waals surface area contributed by atoms with Crippen LogP contribution < -0.4 is 9.64 Å². The number of para-hydroxylation sites is 1. The molecule has 0 radical (unpaired) electrons. The van der Waals surface area contributed by atoms with Gasteiger partial charge in [0.1, 0.15) is 5.75 Å². The fourth-order valence-corrected chi connectivity index (χ4v) is 3.47.